The number of rotatable bonds is 4. The van der Waals surface area contributed by atoms with Gasteiger partial charge in [-0.3, -0.25) is 0 Å². The number of nitrogens with one attached hydrogen (secondary N) is 2. The van der Waals surface area contributed by atoms with Crippen molar-refractivity contribution in [3.8, 4) is 0 Å². The van der Waals surface area contributed by atoms with Crippen LogP contribution >= 0.6 is 11.6 Å². The van der Waals surface area contributed by atoms with Gasteiger partial charge in [0.2, 0.25) is 0 Å². The van der Waals surface area contributed by atoms with Gasteiger partial charge >= 0.3 is 12.0 Å². The van der Waals surface area contributed by atoms with E-state index in [1.165, 1.54) is 6.07 Å². The second kappa shape index (κ2) is 5.70. The van der Waals surface area contributed by atoms with Crippen LogP contribution in [0.15, 0.2) is 24.3 Å². The van der Waals surface area contributed by atoms with Crippen molar-refractivity contribution in [2.24, 2.45) is 0 Å². The zero-order valence-corrected chi connectivity index (χ0v) is 10.4. The van der Waals surface area contributed by atoms with Crippen LogP contribution in [-0.2, 0) is 4.79 Å². The molecule has 1 unspecified atom stereocenters. The van der Waals surface area contributed by atoms with Gasteiger partial charge in [0.05, 0.1) is 6.54 Å². The predicted octanol–water partition coefficient (Wildman–Crippen LogP) is 1.30. The number of hydrogen-bond donors (Lipinski definition) is 4. The number of anilines is 1. The molecule has 0 radical (unpaired) electrons. The van der Waals surface area contributed by atoms with E-state index in [0.29, 0.717) is 10.7 Å². The van der Waals surface area contributed by atoms with Crippen molar-refractivity contribution in [2.45, 2.75) is 12.5 Å². The lowest BCUT2D eigenvalue weighted by molar-refractivity contribution is -0.155. The molecule has 0 saturated heterocycles. The Kier molecular flexibility index (Phi) is 4.52. The van der Waals surface area contributed by atoms with E-state index in [0.717, 1.165) is 6.92 Å². The van der Waals surface area contributed by atoms with Crippen molar-refractivity contribution >= 4 is 29.3 Å². The second-order valence-electron chi connectivity index (χ2n) is 3.90. The summed E-state index contributed by atoms with van der Waals surface area (Å²) in [7, 11) is 0. The van der Waals surface area contributed by atoms with Crippen molar-refractivity contribution in [1.82, 2.24) is 5.32 Å². The van der Waals surface area contributed by atoms with E-state index in [1.54, 1.807) is 18.2 Å². The summed E-state index contributed by atoms with van der Waals surface area (Å²) in [6.07, 6.45) is 0. The fourth-order valence-electron chi connectivity index (χ4n) is 1.07. The molecular weight excluding hydrogens is 260 g/mol. The Balaban J connectivity index is 2.50. The van der Waals surface area contributed by atoms with Gasteiger partial charge in [-0.05, 0) is 25.1 Å². The zero-order chi connectivity index (χ0) is 13.8. The minimum Gasteiger partial charge on any atom is -0.479 e. The first kappa shape index (κ1) is 14.3. The number of halogens is 1. The summed E-state index contributed by atoms with van der Waals surface area (Å²) in [5, 5.41) is 23.2. The molecule has 1 aromatic carbocycles. The largest absolute Gasteiger partial charge is 0.479 e. The van der Waals surface area contributed by atoms with E-state index in [-0.39, 0.29) is 0 Å². The summed E-state index contributed by atoms with van der Waals surface area (Å²) in [6.45, 7) is 0.684. The third-order valence-corrected chi connectivity index (χ3v) is 2.37. The highest BCUT2D eigenvalue weighted by Gasteiger charge is 2.30. The Morgan fingerprint density at radius 2 is 2.11 bits per heavy atom. The second-order valence-corrected chi connectivity index (χ2v) is 4.33. The molecule has 0 saturated carbocycles. The van der Waals surface area contributed by atoms with E-state index in [9.17, 15) is 14.7 Å². The molecule has 0 aliphatic heterocycles. The van der Waals surface area contributed by atoms with Gasteiger partial charge in [-0.25, -0.2) is 9.59 Å². The molecule has 7 heteroatoms. The first-order valence-corrected chi connectivity index (χ1v) is 5.45. The minimum absolute atomic E-state index is 0.408. The molecule has 0 heterocycles. The van der Waals surface area contributed by atoms with Crippen molar-refractivity contribution in [1.29, 1.82) is 0 Å². The molecule has 1 rings (SSSR count). The number of carbonyl (C=O) groups is 2. The van der Waals surface area contributed by atoms with E-state index >= 15 is 0 Å². The summed E-state index contributed by atoms with van der Waals surface area (Å²) in [6, 6.07) is 5.85. The van der Waals surface area contributed by atoms with Crippen LogP contribution in [0.5, 0.6) is 0 Å². The Morgan fingerprint density at radius 3 is 2.67 bits per heavy atom. The number of hydrogen-bond acceptors (Lipinski definition) is 3. The molecule has 6 nitrogen and oxygen atoms in total. The predicted molar refractivity (Wildman–Crippen MR) is 66.7 cm³/mol. The molecule has 0 spiro atoms. The lowest BCUT2D eigenvalue weighted by atomic mass is 10.1. The van der Waals surface area contributed by atoms with Crippen LogP contribution < -0.4 is 10.6 Å². The maximum absolute atomic E-state index is 11.4. The molecule has 2 amide bonds. The molecule has 0 aliphatic carbocycles. The number of benzene rings is 1. The van der Waals surface area contributed by atoms with Gasteiger partial charge in [0.25, 0.3) is 0 Å². The Hall–Kier alpha value is -1.79. The van der Waals surface area contributed by atoms with Crippen molar-refractivity contribution in [3.63, 3.8) is 0 Å². The maximum atomic E-state index is 11.4. The van der Waals surface area contributed by atoms with Gasteiger partial charge in [-0.1, -0.05) is 17.7 Å². The quantitative estimate of drug-likeness (QED) is 0.664. The van der Waals surface area contributed by atoms with Crippen LogP contribution in [0.1, 0.15) is 6.92 Å². The van der Waals surface area contributed by atoms with Crippen molar-refractivity contribution in [3.05, 3.63) is 29.3 Å². The monoisotopic (exact) mass is 272 g/mol. The number of carboxylic acid groups (broad SMARTS) is 1. The van der Waals surface area contributed by atoms with Crippen LogP contribution in [0.25, 0.3) is 0 Å². The smallest absolute Gasteiger partial charge is 0.337 e. The summed E-state index contributed by atoms with van der Waals surface area (Å²) in [5.41, 5.74) is -1.54. The molecule has 98 valence electrons. The molecular formula is C11H13ClN2O4. The van der Waals surface area contributed by atoms with Crippen LogP contribution in [0.3, 0.4) is 0 Å². The van der Waals surface area contributed by atoms with Crippen LogP contribution in [0.2, 0.25) is 5.02 Å². The number of carboxylic acids is 1. The van der Waals surface area contributed by atoms with E-state index in [2.05, 4.69) is 10.6 Å². The summed E-state index contributed by atoms with van der Waals surface area (Å²) >= 11 is 5.73. The van der Waals surface area contributed by atoms with Gasteiger partial charge < -0.3 is 20.8 Å². The third-order valence-electron chi connectivity index (χ3n) is 2.14. The van der Waals surface area contributed by atoms with Crippen LogP contribution in [0, 0.1) is 0 Å². The topological polar surface area (TPSA) is 98.7 Å². The lowest BCUT2D eigenvalue weighted by Gasteiger charge is -2.18. The molecule has 0 fully saturated rings. The Labute approximate surface area is 109 Å². The average molecular weight is 273 g/mol. The summed E-state index contributed by atoms with van der Waals surface area (Å²) in [5.74, 6) is -1.41. The standard InChI is InChI=1S/C11H13ClN2O4/c1-11(18,9(15)16)6-13-10(17)14-8-4-2-3-7(12)5-8/h2-5,18H,6H2,1H3,(H,15,16)(H2,13,14,17). The van der Waals surface area contributed by atoms with E-state index < -0.39 is 24.1 Å². The highest BCUT2D eigenvalue weighted by atomic mass is 35.5. The van der Waals surface area contributed by atoms with Crippen LogP contribution in [-0.4, -0.2) is 34.4 Å². The number of aliphatic carboxylic acids is 1. The van der Waals surface area contributed by atoms with Gasteiger partial charge in [0.1, 0.15) is 0 Å². The molecule has 1 aromatic rings. The summed E-state index contributed by atoms with van der Waals surface area (Å²) in [4.78, 5) is 22.0. The molecule has 0 bridgehead atoms. The first-order chi connectivity index (χ1) is 8.31. The van der Waals surface area contributed by atoms with Crippen molar-refractivity contribution < 1.29 is 19.8 Å². The van der Waals surface area contributed by atoms with Crippen LogP contribution in [0.4, 0.5) is 10.5 Å². The van der Waals surface area contributed by atoms with E-state index in [1.807, 2.05) is 0 Å². The molecule has 1 atom stereocenters. The highest BCUT2D eigenvalue weighted by molar-refractivity contribution is 6.30. The van der Waals surface area contributed by atoms with Gasteiger partial charge in [0, 0.05) is 10.7 Å². The number of aliphatic hydroxyl groups is 1. The summed E-state index contributed by atoms with van der Waals surface area (Å²) < 4.78 is 0. The fraction of sp³-hybridized carbons (Fsp3) is 0.273. The Bertz CT molecular complexity index is 462. The first-order valence-electron chi connectivity index (χ1n) is 5.07. The van der Waals surface area contributed by atoms with Gasteiger partial charge in [-0.15, -0.1) is 0 Å². The normalized spacial score (nSPS) is 13.5. The van der Waals surface area contributed by atoms with Gasteiger partial charge in [0.15, 0.2) is 5.60 Å². The molecule has 0 aromatic heterocycles. The van der Waals surface area contributed by atoms with Gasteiger partial charge in [-0.2, -0.15) is 0 Å². The number of urea groups is 1. The number of carbonyl (C=O) groups excluding carboxylic acids is 1. The minimum atomic E-state index is -2.01. The molecule has 18 heavy (non-hydrogen) atoms. The lowest BCUT2D eigenvalue weighted by Crippen LogP contribution is -2.47. The number of amides is 2. The molecule has 4 N–H and O–H groups in total. The van der Waals surface area contributed by atoms with Crippen molar-refractivity contribution in [2.75, 3.05) is 11.9 Å². The highest BCUT2D eigenvalue weighted by Crippen LogP contribution is 2.14. The third kappa shape index (κ3) is 4.23. The SMILES string of the molecule is CC(O)(CNC(=O)Nc1cccc(Cl)c1)C(=O)O. The fourth-order valence-corrected chi connectivity index (χ4v) is 1.26. The molecule has 0 aliphatic rings. The maximum Gasteiger partial charge on any atom is 0.337 e. The van der Waals surface area contributed by atoms with E-state index in [4.69, 9.17) is 16.7 Å². The average Bonchev–Trinajstić information content (AvgIpc) is 2.26. The Morgan fingerprint density at radius 1 is 1.44 bits per heavy atom. The zero-order valence-electron chi connectivity index (χ0n) is 9.61.